The Bertz CT molecular complexity index is 906. The molecule has 4 heteroatoms. The molecule has 3 aliphatic carbocycles. The first-order valence-corrected chi connectivity index (χ1v) is 12.1. The van der Waals surface area contributed by atoms with Crippen LogP contribution in [-0.2, 0) is 11.2 Å². The molecular formula is C27H35NO3. The highest BCUT2D eigenvalue weighted by Crippen LogP contribution is 2.65. The van der Waals surface area contributed by atoms with Crippen molar-refractivity contribution in [2.75, 3.05) is 6.61 Å². The van der Waals surface area contributed by atoms with Gasteiger partial charge in [-0.15, -0.1) is 0 Å². The van der Waals surface area contributed by atoms with E-state index in [1.165, 1.54) is 0 Å². The molecule has 1 amide bonds. The third kappa shape index (κ3) is 3.21. The number of carbonyl (C=O) groups is 2. The van der Waals surface area contributed by atoms with Gasteiger partial charge in [-0.3, -0.25) is 9.59 Å². The summed E-state index contributed by atoms with van der Waals surface area (Å²) in [6.07, 6.45) is 11.2. The summed E-state index contributed by atoms with van der Waals surface area (Å²) < 4.78 is 0. The molecule has 1 heterocycles. The summed E-state index contributed by atoms with van der Waals surface area (Å²) >= 11 is 0. The van der Waals surface area contributed by atoms with Gasteiger partial charge in [0, 0.05) is 29.5 Å². The number of aliphatic hydroxyl groups is 1. The van der Waals surface area contributed by atoms with E-state index in [0.717, 1.165) is 49.7 Å². The van der Waals surface area contributed by atoms with Crippen LogP contribution in [0.2, 0.25) is 0 Å². The molecule has 0 radical (unpaired) electrons. The number of ketones is 1. The zero-order valence-corrected chi connectivity index (χ0v) is 18.8. The number of hydrogen-bond donors (Lipinski definition) is 2. The summed E-state index contributed by atoms with van der Waals surface area (Å²) in [5, 5.41) is 12.4. The maximum absolute atomic E-state index is 13.6. The summed E-state index contributed by atoms with van der Waals surface area (Å²) in [4.78, 5) is 25.5. The largest absolute Gasteiger partial charge is 0.396 e. The second-order valence-corrected chi connectivity index (χ2v) is 10.9. The number of aliphatic hydroxyl groups excluding tert-OH is 1. The van der Waals surface area contributed by atoms with Crippen LogP contribution in [-0.4, -0.2) is 29.4 Å². The molecule has 166 valence electrons. The molecular weight excluding hydrogens is 386 g/mol. The number of nitrogens with one attached hydrogen (secondary N) is 1. The fourth-order valence-electron chi connectivity index (χ4n) is 7.93. The molecule has 4 aliphatic rings. The molecule has 5 rings (SSSR count). The van der Waals surface area contributed by atoms with E-state index in [1.807, 2.05) is 24.3 Å². The van der Waals surface area contributed by atoms with Crippen molar-refractivity contribution in [3.63, 3.8) is 0 Å². The molecule has 0 bridgehead atoms. The third-order valence-electron chi connectivity index (χ3n) is 9.64. The van der Waals surface area contributed by atoms with Gasteiger partial charge in [0.2, 0.25) is 5.91 Å². The van der Waals surface area contributed by atoms with E-state index in [-0.39, 0.29) is 35.3 Å². The molecule has 2 N–H and O–H groups in total. The van der Waals surface area contributed by atoms with Crippen LogP contribution >= 0.6 is 0 Å². The van der Waals surface area contributed by atoms with Crippen molar-refractivity contribution in [2.45, 2.75) is 64.8 Å². The van der Waals surface area contributed by atoms with Crippen molar-refractivity contribution in [2.24, 2.45) is 34.5 Å². The van der Waals surface area contributed by atoms with Crippen molar-refractivity contribution < 1.29 is 14.7 Å². The van der Waals surface area contributed by atoms with Gasteiger partial charge in [0.1, 0.15) is 0 Å². The van der Waals surface area contributed by atoms with Gasteiger partial charge in [0.05, 0.1) is 0 Å². The Hall–Kier alpha value is -1.94. The first-order chi connectivity index (χ1) is 14.9. The lowest BCUT2D eigenvalue weighted by Crippen LogP contribution is -2.59. The summed E-state index contributed by atoms with van der Waals surface area (Å²) in [5.74, 6) is 2.30. The Labute approximate surface area is 185 Å². The molecule has 3 saturated carbocycles. The Morgan fingerprint density at radius 3 is 2.58 bits per heavy atom. The van der Waals surface area contributed by atoms with Gasteiger partial charge in [-0.1, -0.05) is 44.2 Å². The molecule has 0 spiro atoms. The fraction of sp³-hybridized carbons (Fsp3) is 0.630. The van der Waals surface area contributed by atoms with Gasteiger partial charge in [-0.05, 0) is 79.8 Å². The number of fused-ring (bicyclic) bond motifs is 5. The number of amides is 1. The highest BCUT2D eigenvalue weighted by Gasteiger charge is 2.60. The molecule has 3 fully saturated rings. The lowest BCUT2D eigenvalue weighted by Gasteiger charge is -2.58. The molecule has 1 aromatic rings. The maximum Gasteiger partial charge on any atom is 0.243 e. The highest BCUT2D eigenvalue weighted by molar-refractivity contribution is 5.98. The van der Waals surface area contributed by atoms with Crippen LogP contribution in [0.5, 0.6) is 0 Å². The van der Waals surface area contributed by atoms with Crippen LogP contribution in [0.4, 0.5) is 0 Å². The predicted octanol–water partition coefficient (Wildman–Crippen LogP) is 4.32. The highest BCUT2D eigenvalue weighted by atomic mass is 16.3. The average molecular weight is 422 g/mol. The summed E-state index contributed by atoms with van der Waals surface area (Å²) in [7, 11) is 0. The molecule has 1 aliphatic heterocycles. The second kappa shape index (κ2) is 7.58. The fourth-order valence-corrected chi connectivity index (χ4v) is 7.93. The first-order valence-electron chi connectivity index (χ1n) is 12.1. The lowest BCUT2D eigenvalue weighted by molar-refractivity contribution is -0.122. The normalized spacial score (nSPS) is 41.1. The number of Topliss-reactive ketones (excluding diaryl/α,β-unsaturated/α-hetero) is 1. The minimum atomic E-state index is 0.0444. The van der Waals surface area contributed by atoms with Crippen LogP contribution in [0, 0.1) is 34.5 Å². The zero-order chi connectivity index (χ0) is 21.8. The van der Waals surface area contributed by atoms with Gasteiger partial charge >= 0.3 is 0 Å². The van der Waals surface area contributed by atoms with E-state index in [0.29, 0.717) is 30.0 Å². The second-order valence-electron chi connectivity index (χ2n) is 10.9. The van der Waals surface area contributed by atoms with Crippen LogP contribution in [0.1, 0.15) is 68.3 Å². The quantitative estimate of drug-likeness (QED) is 0.712. The first kappa shape index (κ1) is 20.9. The average Bonchev–Trinajstić information content (AvgIpc) is 3.12. The Morgan fingerprint density at radius 2 is 1.84 bits per heavy atom. The number of hydrogen-bond acceptors (Lipinski definition) is 3. The van der Waals surface area contributed by atoms with Crippen molar-refractivity contribution in [1.29, 1.82) is 0 Å². The summed E-state index contributed by atoms with van der Waals surface area (Å²) in [6.45, 7) is 4.87. The number of rotatable bonds is 4. The minimum Gasteiger partial charge on any atom is -0.396 e. The summed E-state index contributed by atoms with van der Waals surface area (Å²) in [5.41, 5.74) is 2.02. The van der Waals surface area contributed by atoms with Crippen molar-refractivity contribution in [3.05, 3.63) is 47.5 Å². The van der Waals surface area contributed by atoms with E-state index in [2.05, 4.69) is 25.2 Å². The minimum absolute atomic E-state index is 0.0444. The van der Waals surface area contributed by atoms with Crippen LogP contribution in [0.15, 0.2) is 36.4 Å². The Balaban J connectivity index is 1.38. The van der Waals surface area contributed by atoms with E-state index >= 15 is 0 Å². The van der Waals surface area contributed by atoms with E-state index < -0.39 is 0 Å². The topological polar surface area (TPSA) is 66.4 Å². The number of benzene rings is 1. The smallest absolute Gasteiger partial charge is 0.243 e. The monoisotopic (exact) mass is 421 g/mol. The molecule has 31 heavy (non-hydrogen) atoms. The standard InChI is InChI=1S/C27H35NO3/c1-26-14-11-21-19(7-10-23-27(21,2)15-12-24(30)28-23)20(26)8-9-22(26)25(31)18-5-3-17(4-6-18)13-16-29/h3-6,12,15,19-23,29H,7-11,13-14,16H2,1-2H3,(H,28,30)/t19-,20-,21+,22?,23?,26-,27+/m0/s1. The lowest BCUT2D eigenvalue weighted by atomic mass is 9.47. The predicted molar refractivity (Wildman–Crippen MR) is 121 cm³/mol. The molecule has 2 unspecified atom stereocenters. The van der Waals surface area contributed by atoms with Crippen molar-refractivity contribution >= 4 is 11.7 Å². The van der Waals surface area contributed by atoms with Crippen molar-refractivity contribution in [3.8, 4) is 0 Å². The van der Waals surface area contributed by atoms with Crippen LogP contribution < -0.4 is 5.32 Å². The Kier molecular flexibility index (Phi) is 5.12. The van der Waals surface area contributed by atoms with E-state index in [9.17, 15) is 9.59 Å². The van der Waals surface area contributed by atoms with Gasteiger partial charge in [-0.2, -0.15) is 0 Å². The molecule has 0 saturated heterocycles. The summed E-state index contributed by atoms with van der Waals surface area (Å²) in [6, 6.07) is 8.14. The molecule has 1 aromatic carbocycles. The van der Waals surface area contributed by atoms with E-state index in [4.69, 9.17) is 5.11 Å². The number of carbonyl (C=O) groups excluding carboxylic acids is 2. The zero-order valence-electron chi connectivity index (χ0n) is 18.8. The van der Waals surface area contributed by atoms with E-state index in [1.54, 1.807) is 6.08 Å². The van der Waals surface area contributed by atoms with Gasteiger partial charge < -0.3 is 10.4 Å². The van der Waals surface area contributed by atoms with Gasteiger partial charge in [-0.25, -0.2) is 0 Å². The third-order valence-corrected chi connectivity index (χ3v) is 9.64. The van der Waals surface area contributed by atoms with Gasteiger partial charge in [0.15, 0.2) is 5.78 Å². The maximum atomic E-state index is 13.6. The Morgan fingerprint density at radius 1 is 1.06 bits per heavy atom. The van der Waals surface area contributed by atoms with Crippen molar-refractivity contribution in [1.82, 2.24) is 5.32 Å². The SMILES string of the molecule is C[C@]12C=CC(=O)NC1CC[C@@H]1[C@H]2CC[C@]2(C)C(C(=O)c3ccc(CCO)cc3)CC[C@@H]12. The molecule has 4 nitrogen and oxygen atoms in total. The van der Waals surface area contributed by atoms with Crippen LogP contribution in [0.25, 0.3) is 0 Å². The van der Waals surface area contributed by atoms with Crippen LogP contribution in [0.3, 0.4) is 0 Å². The molecule has 7 atom stereocenters. The van der Waals surface area contributed by atoms with Gasteiger partial charge in [0.25, 0.3) is 0 Å². The molecule has 0 aromatic heterocycles.